The van der Waals surface area contributed by atoms with Crippen LogP contribution in [-0.4, -0.2) is 28.8 Å². The van der Waals surface area contributed by atoms with Crippen molar-refractivity contribution in [3.8, 4) is 0 Å². The lowest BCUT2D eigenvalue weighted by atomic mass is 10.2. The fraction of sp³-hybridized carbons (Fsp3) is 0.308. The highest BCUT2D eigenvalue weighted by Gasteiger charge is 2.22. The fourth-order valence-corrected chi connectivity index (χ4v) is 2.86. The van der Waals surface area contributed by atoms with E-state index in [4.69, 9.17) is 18.2 Å². The first kappa shape index (κ1) is 12.0. The minimum atomic E-state index is 0.267. The highest BCUT2D eigenvalue weighted by molar-refractivity contribution is 6.35. The molecular weight excluding hydrogens is 264 g/mol. The summed E-state index contributed by atoms with van der Waals surface area (Å²) in [6, 6.07) is 1.62. The Balaban J connectivity index is 2.34. The van der Waals surface area contributed by atoms with E-state index in [2.05, 4.69) is 14.7 Å². The van der Waals surface area contributed by atoms with E-state index >= 15 is 0 Å². The average molecular weight is 275 g/mol. The standard InChI is InChI=1S/C13H11ClN4O/c1-15-12-11-10(14)6-9(7-19)13(18(11)8-16-12)17-4-2-3-5-17/h6-8H,2-5H2. The van der Waals surface area contributed by atoms with Crippen LogP contribution in [-0.2, 0) is 0 Å². The van der Waals surface area contributed by atoms with Crippen LogP contribution in [0.1, 0.15) is 23.2 Å². The van der Waals surface area contributed by atoms with Crippen LogP contribution in [0.4, 0.5) is 11.6 Å². The molecule has 3 rings (SSSR count). The molecular formula is C13H11ClN4O. The summed E-state index contributed by atoms with van der Waals surface area (Å²) >= 11 is 6.16. The Morgan fingerprint density at radius 1 is 1.42 bits per heavy atom. The van der Waals surface area contributed by atoms with E-state index < -0.39 is 0 Å². The summed E-state index contributed by atoms with van der Waals surface area (Å²) < 4.78 is 1.75. The molecule has 0 radical (unpaired) electrons. The molecule has 2 aromatic rings. The van der Waals surface area contributed by atoms with Gasteiger partial charge in [-0.25, -0.2) is 0 Å². The SMILES string of the molecule is [C-]#[N+]c1ncn2c(N3CCCC3)c(C=O)cc(Cl)c12. The minimum Gasteiger partial charge on any atom is -0.359 e. The van der Waals surface area contributed by atoms with Crippen molar-refractivity contribution in [1.82, 2.24) is 9.38 Å². The maximum Gasteiger partial charge on any atom is 0.296 e. The summed E-state index contributed by atoms with van der Waals surface area (Å²) in [5.74, 6) is 1.05. The summed E-state index contributed by atoms with van der Waals surface area (Å²) in [6.45, 7) is 8.94. The molecule has 96 valence electrons. The number of hydrogen-bond donors (Lipinski definition) is 0. The minimum absolute atomic E-state index is 0.267. The van der Waals surface area contributed by atoms with Gasteiger partial charge >= 0.3 is 0 Å². The summed E-state index contributed by atoms with van der Waals surface area (Å²) in [5, 5.41) is 0.383. The average Bonchev–Trinajstić information content (AvgIpc) is 3.07. The molecule has 0 bridgehead atoms. The number of halogens is 1. The maximum atomic E-state index is 11.3. The first-order valence-corrected chi connectivity index (χ1v) is 6.41. The van der Waals surface area contributed by atoms with Gasteiger partial charge in [0.2, 0.25) is 0 Å². The Hall–Kier alpha value is -2.06. The zero-order chi connectivity index (χ0) is 13.4. The number of pyridine rings is 1. The number of imidazole rings is 1. The molecule has 0 atom stereocenters. The lowest BCUT2D eigenvalue weighted by Crippen LogP contribution is -2.22. The van der Waals surface area contributed by atoms with Crippen LogP contribution in [0, 0.1) is 6.57 Å². The van der Waals surface area contributed by atoms with Crippen LogP contribution in [0.3, 0.4) is 0 Å². The van der Waals surface area contributed by atoms with Gasteiger partial charge < -0.3 is 9.74 Å². The molecule has 1 fully saturated rings. The van der Waals surface area contributed by atoms with Gasteiger partial charge in [0.05, 0.1) is 16.1 Å². The lowest BCUT2D eigenvalue weighted by Gasteiger charge is -2.21. The molecule has 0 aromatic carbocycles. The van der Waals surface area contributed by atoms with E-state index in [1.165, 1.54) is 0 Å². The van der Waals surface area contributed by atoms with Crippen LogP contribution >= 0.6 is 11.6 Å². The monoisotopic (exact) mass is 274 g/mol. The Labute approximate surface area is 115 Å². The predicted octanol–water partition coefficient (Wildman–Crippen LogP) is 2.95. The Morgan fingerprint density at radius 2 is 2.16 bits per heavy atom. The first-order chi connectivity index (χ1) is 9.26. The molecule has 2 aromatic heterocycles. The molecule has 0 spiro atoms. The number of rotatable bonds is 2. The molecule has 0 aliphatic carbocycles. The van der Waals surface area contributed by atoms with Gasteiger partial charge in [-0.15, -0.1) is 4.98 Å². The van der Waals surface area contributed by atoms with E-state index in [1.54, 1.807) is 16.8 Å². The van der Waals surface area contributed by atoms with E-state index in [0.29, 0.717) is 16.1 Å². The third kappa shape index (κ3) is 1.76. The molecule has 19 heavy (non-hydrogen) atoms. The molecule has 1 saturated heterocycles. The Morgan fingerprint density at radius 3 is 2.79 bits per heavy atom. The van der Waals surface area contributed by atoms with Gasteiger partial charge in [0.15, 0.2) is 12.6 Å². The van der Waals surface area contributed by atoms with Crippen molar-refractivity contribution in [1.29, 1.82) is 0 Å². The van der Waals surface area contributed by atoms with Gasteiger partial charge in [-0.05, 0) is 18.9 Å². The van der Waals surface area contributed by atoms with E-state index in [-0.39, 0.29) is 5.82 Å². The lowest BCUT2D eigenvalue weighted by molar-refractivity contribution is 0.112. The van der Waals surface area contributed by atoms with Crippen LogP contribution in [0.2, 0.25) is 5.02 Å². The second kappa shape index (κ2) is 4.56. The Bertz CT molecular complexity index is 695. The number of aldehydes is 1. The molecule has 1 aliphatic rings. The van der Waals surface area contributed by atoms with Crippen molar-refractivity contribution >= 4 is 35.0 Å². The zero-order valence-corrected chi connectivity index (χ0v) is 10.9. The second-order valence-electron chi connectivity index (χ2n) is 4.48. The fourth-order valence-electron chi connectivity index (χ4n) is 2.56. The third-order valence-electron chi connectivity index (χ3n) is 3.38. The second-order valence-corrected chi connectivity index (χ2v) is 4.89. The smallest absolute Gasteiger partial charge is 0.296 e. The summed E-state index contributed by atoms with van der Waals surface area (Å²) in [5.41, 5.74) is 1.11. The molecule has 0 saturated carbocycles. The van der Waals surface area contributed by atoms with Crippen LogP contribution in [0.5, 0.6) is 0 Å². The quantitative estimate of drug-likeness (QED) is 0.625. The van der Waals surface area contributed by atoms with Gasteiger partial charge in [0.1, 0.15) is 5.82 Å². The van der Waals surface area contributed by atoms with Crippen molar-refractivity contribution in [2.24, 2.45) is 0 Å². The number of carbonyl (C=O) groups is 1. The van der Waals surface area contributed by atoms with Crippen molar-refractivity contribution in [2.75, 3.05) is 18.0 Å². The molecule has 0 N–H and O–H groups in total. The van der Waals surface area contributed by atoms with Crippen LogP contribution < -0.4 is 4.90 Å². The van der Waals surface area contributed by atoms with Crippen molar-refractivity contribution < 1.29 is 4.79 Å². The molecule has 0 amide bonds. The summed E-state index contributed by atoms with van der Waals surface area (Å²) in [7, 11) is 0. The van der Waals surface area contributed by atoms with E-state index in [1.807, 2.05) is 0 Å². The highest BCUT2D eigenvalue weighted by atomic mass is 35.5. The van der Waals surface area contributed by atoms with Crippen molar-refractivity contribution in [3.05, 3.63) is 34.4 Å². The van der Waals surface area contributed by atoms with Crippen molar-refractivity contribution in [2.45, 2.75) is 12.8 Å². The van der Waals surface area contributed by atoms with Gasteiger partial charge in [0, 0.05) is 13.1 Å². The number of fused-ring (bicyclic) bond motifs is 1. The van der Waals surface area contributed by atoms with Gasteiger partial charge in [-0.2, -0.15) is 0 Å². The van der Waals surface area contributed by atoms with E-state index in [9.17, 15) is 4.79 Å². The number of aromatic nitrogens is 2. The highest BCUT2D eigenvalue weighted by Crippen LogP contribution is 2.34. The molecule has 5 nitrogen and oxygen atoms in total. The Kier molecular flexibility index (Phi) is 2.88. The topological polar surface area (TPSA) is 42.0 Å². The van der Waals surface area contributed by atoms with Crippen LogP contribution in [0.25, 0.3) is 10.4 Å². The largest absolute Gasteiger partial charge is 0.359 e. The number of nitrogens with zero attached hydrogens (tertiary/aromatic N) is 4. The number of anilines is 1. The number of carbonyl (C=O) groups excluding carboxylic acids is 1. The summed E-state index contributed by atoms with van der Waals surface area (Å²) in [6.07, 6.45) is 4.57. The van der Waals surface area contributed by atoms with Crippen LogP contribution in [0.15, 0.2) is 12.4 Å². The van der Waals surface area contributed by atoms with Gasteiger partial charge in [-0.3, -0.25) is 9.20 Å². The van der Waals surface area contributed by atoms with Crippen molar-refractivity contribution in [3.63, 3.8) is 0 Å². The molecule has 1 aliphatic heterocycles. The molecule has 0 unspecified atom stereocenters. The number of hydrogen-bond acceptors (Lipinski definition) is 3. The molecule has 3 heterocycles. The summed E-state index contributed by atoms with van der Waals surface area (Å²) in [4.78, 5) is 20.9. The molecule has 6 heteroatoms. The first-order valence-electron chi connectivity index (χ1n) is 6.03. The third-order valence-corrected chi connectivity index (χ3v) is 3.67. The van der Waals surface area contributed by atoms with Gasteiger partial charge in [0.25, 0.3) is 5.82 Å². The zero-order valence-electron chi connectivity index (χ0n) is 10.1. The van der Waals surface area contributed by atoms with E-state index in [0.717, 1.165) is 38.0 Å². The van der Waals surface area contributed by atoms with Gasteiger partial charge in [-0.1, -0.05) is 18.2 Å². The predicted molar refractivity (Wildman–Crippen MR) is 73.3 cm³/mol. The normalized spacial score (nSPS) is 14.8. The maximum absolute atomic E-state index is 11.3.